The zero-order valence-electron chi connectivity index (χ0n) is 21.3. The van der Waals surface area contributed by atoms with E-state index in [2.05, 4.69) is 19.2 Å². The van der Waals surface area contributed by atoms with Crippen molar-refractivity contribution < 1.29 is 19.4 Å². The van der Waals surface area contributed by atoms with E-state index in [9.17, 15) is 14.7 Å². The summed E-state index contributed by atoms with van der Waals surface area (Å²) < 4.78 is 5.54. The SMILES string of the molecule is CC(C)(C)OC(=O)N[C@@H]1C[C@@H](CO)CC[C@H]1CC(C)(C)[Si](O)(c1ccccc1)c1ccccc1. The molecule has 1 fully saturated rings. The maximum Gasteiger partial charge on any atom is 0.407 e. The molecule has 5 nitrogen and oxygen atoms in total. The highest BCUT2D eigenvalue weighted by atomic mass is 28.4. The van der Waals surface area contributed by atoms with Gasteiger partial charge < -0.3 is 20.0 Å². The Kier molecular flexibility index (Phi) is 8.27. The third kappa shape index (κ3) is 6.09. The van der Waals surface area contributed by atoms with Crippen molar-refractivity contribution in [3.63, 3.8) is 0 Å². The van der Waals surface area contributed by atoms with Gasteiger partial charge in [0.25, 0.3) is 8.32 Å². The molecule has 186 valence electrons. The summed E-state index contributed by atoms with van der Waals surface area (Å²) in [6, 6.07) is 20.0. The van der Waals surface area contributed by atoms with E-state index in [1.54, 1.807) is 0 Å². The molecule has 2 aromatic carbocycles. The summed E-state index contributed by atoms with van der Waals surface area (Å²) in [5, 5.41) is 14.5. The first-order valence-corrected chi connectivity index (χ1v) is 14.3. The molecule has 6 heteroatoms. The number of hydrogen-bond donors (Lipinski definition) is 3. The molecule has 2 aromatic rings. The van der Waals surface area contributed by atoms with Crippen LogP contribution in [-0.2, 0) is 4.74 Å². The Morgan fingerprint density at radius 1 is 0.971 bits per heavy atom. The van der Waals surface area contributed by atoms with Crippen molar-refractivity contribution in [2.75, 3.05) is 6.61 Å². The van der Waals surface area contributed by atoms with Crippen LogP contribution in [0.1, 0.15) is 60.3 Å². The van der Waals surface area contributed by atoms with Crippen LogP contribution < -0.4 is 15.7 Å². The Balaban J connectivity index is 1.91. The van der Waals surface area contributed by atoms with Crippen molar-refractivity contribution in [2.24, 2.45) is 11.8 Å². The lowest BCUT2D eigenvalue weighted by Gasteiger charge is -2.46. The van der Waals surface area contributed by atoms with Gasteiger partial charge in [0.1, 0.15) is 5.60 Å². The van der Waals surface area contributed by atoms with Crippen molar-refractivity contribution in [2.45, 2.75) is 77.0 Å². The molecule has 0 saturated heterocycles. The number of benzene rings is 2. The first kappa shape index (κ1) is 26.5. The van der Waals surface area contributed by atoms with Crippen molar-refractivity contribution in [1.29, 1.82) is 0 Å². The predicted molar refractivity (Wildman–Crippen MR) is 140 cm³/mol. The van der Waals surface area contributed by atoms with E-state index in [4.69, 9.17) is 4.74 Å². The molecule has 0 spiro atoms. The number of amides is 1. The summed E-state index contributed by atoms with van der Waals surface area (Å²) in [7, 11) is -3.14. The van der Waals surface area contributed by atoms with Crippen LogP contribution in [0.2, 0.25) is 5.04 Å². The Morgan fingerprint density at radius 2 is 1.50 bits per heavy atom. The second-order valence-electron chi connectivity index (χ2n) is 11.4. The van der Waals surface area contributed by atoms with Crippen LogP contribution in [0.3, 0.4) is 0 Å². The van der Waals surface area contributed by atoms with E-state index in [-0.39, 0.29) is 24.5 Å². The molecule has 0 unspecified atom stereocenters. The minimum absolute atomic E-state index is 0.107. The van der Waals surface area contributed by atoms with E-state index >= 15 is 0 Å². The molecular weight excluding hydrogens is 442 g/mol. The van der Waals surface area contributed by atoms with E-state index in [1.165, 1.54) is 0 Å². The molecule has 3 rings (SSSR count). The monoisotopic (exact) mass is 483 g/mol. The smallest absolute Gasteiger partial charge is 0.407 e. The summed E-state index contributed by atoms with van der Waals surface area (Å²) in [5.74, 6) is 0.343. The highest BCUT2D eigenvalue weighted by molar-refractivity contribution is 6.98. The lowest BCUT2D eigenvalue weighted by molar-refractivity contribution is 0.0425. The van der Waals surface area contributed by atoms with Gasteiger partial charge >= 0.3 is 6.09 Å². The fourth-order valence-corrected chi connectivity index (χ4v) is 9.28. The van der Waals surface area contributed by atoms with Gasteiger partial charge in [-0.2, -0.15) is 0 Å². The number of aliphatic hydroxyl groups excluding tert-OH is 1. The second kappa shape index (κ2) is 10.6. The Bertz CT molecular complexity index is 887. The molecule has 0 aromatic heterocycles. The summed E-state index contributed by atoms with van der Waals surface area (Å²) >= 11 is 0. The zero-order valence-corrected chi connectivity index (χ0v) is 22.3. The van der Waals surface area contributed by atoms with E-state index in [0.29, 0.717) is 6.42 Å². The van der Waals surface area contributed by atoms with Crippen LogP contribution in [0.4, 0.5) is 4.79 Å². The van der Waals surface area contributed by atoms with Gasteiger partial charge in [0.05, 0.1) is 0 Å². The molecule has 1 saturated carbocycles. The van der Waals surface area contributed by atoms with Crippen molar-refractivity contribution in [3.05, 3.63) is 60.7 Å². The van der Waals surface area contributed by atoms with Crippen LogP contribution >= 0.6 is 0 Å². The quantitative estimate of drug-likeness (QED) is 0.516. The topological polar surface area (TPSA) is 78.8 Å². The van der Waals surface area contributed by atoms with Gasteiger partial charge in [-0.25, -0.2) is 4.79 Å². The van der Waals surface area contributed by atoms with Crippen LogP contribution in [0, 0.1) is 11.8 Å². The largest absolute Gasteiger partial charge is 0.444 e. The summed E-state index contributed by atoms with van der Waals surface area (Å²) in [4.78, 5) is 25.2. The van der Waals surface area contributed by atoms with Crippen LogP contribution in [0.15, 0.2) is 60.7 Å². The lowest BCUT2D eigenvalue weighted by atomic mass is 9.75. The second-order valence-corrected chi connectivity index (χ2v) is 15.3. The summed E-state index contributed by atoms with van der Waals surface area (Å²) in [6.07, 6.45) is 2.87. The molecule has 3 N–H and O–H groups in total. The number of ether oxygens (including phenoxy) is 1. The van der Waals surface area contributed by atoms with Crippen LogP contribution in [-0.4, -0.2) is 42.6 Å². The zero-order chi connectivity index (χ0) is 25.0. The van der Waals surface area contributed by atoms with Gasteiger partial charge in [-0.1, -0.05) is 74.5 Å². The molecule has 0 heterocycles. The van der Waals surface area contributed by atoms with Gasteiger partial charge in [-0.15, -0.1) is 0 Å². The number of alkyl carbamates (subject to hydrolysis) is 1. The number of aliphatic hydroxyl groups is 1. The fraction of sp³-hybridized carbons (Fsp3) is 0.536. The molecular formula is C28H41NO4Si. The maximum atomic E-state index is 12.6. The molecule has 1 aliphatic carbocycles. The molecule has 0 aliphatic heterocycles. The van der Waals surface area contributed by atoms with E-state index < -0.39 is 25.0 Å². The van der Waals surface area contributed by atoms with E-state index in [1.807, 2.05) is 81.4 Å². The Hall–Kier alpha value is -2.15. The third-order valence-electron chi connectivity index (χ3n) is 7.20. The number of hydrogen-bond acceptors (Lipinski definition) is 4. The number of nitrogens with one attached hydrogen (secondary N) is 1. The summed E-state index contributed by atoms with van der Waals surface area (Å²) in [5.41, 5.74) is -0.572. The third-order valence-corrected chi connectivity index (χ3v) is 11.7. The molecule has 1 amide bonds. The Morgan fingerprint density at radius 3 is 1.97 bits per heavy atom. The number of rotatable bonds is 7. The van der Waals surface area contributed by atoms with Crippen molar-refractivity contribution in [3.8, 4) is 0 Å². The molecule has 34 heavy (non-hydrogen) atoms. The van der Waals surface area contributed by atoms with Crippen molar-refractivity contribution >= 4 is 24.8 Å². The average molecular weight is 484 g/mol. The molecule has 0 radical (unpaired) electrons. The highest BCUT2D eigenvalue weighted by Crippen LogP contribution is 2.45. The first-order valence-electron chi connectivity index (χ1n) is 12.4. The van der Waals surface area contributed by atoms with Gasteiger partial charge in [-0.3, -0.25) is 0 Å². The molecule has 3 atom stereocenters. The normalized spacial score (nSPS) is 21.7. The van der Waals surface area contributed by atoms with Gasteiger partial charge in [0.2, 0.25) is 0 Å². The van der Waals surface area contributed by atoms with Crippen LogP contribution in [0.5, 0.6) is 0 Å². The first-order chi connectivity index (χ1) is 16.0. The predicted octanol–water partition coefficient (Wildman–Crippen LogP) is 4.21. The minimum Gasteiger partial charge on any atom is -0.444 e. The molecule has 0 bridgehead atoms. The van der Waals surface area contributed by atoms with E-state index in [0.717, 1.165) is 29.6 Å². The number of carbonyl (C=O) groups excluding carboxylic acids is 1. The average Bonchev–Trinajstić information content (AvgIpc) is 2.79. The fourth-order valence-electron chi connectivity index (χ4n) is 5.48. The minimum atomic E-state index is -3.14. The van der Waals surface area contributed by atoms with Crippen LogP contribution in [0.25, 0.3) is 0 Å². The number of carbonyl (C=O) groups is 1. The molecule has 1 aliphatic rings. The Labute approximate surface area is 205 Å². The maximum absolute atomic E-state index is 12.6. The standard InChI is InChI=1S/C28H41NO4Si/c1-27(2,3)33-26(31)29-25-18-21(20-30)16-17-22(25)19-28(4,5)34(32,23-12-8-6-9-13-23)24-14-10-7-11-15-24/h6-15,21-22,25,30,32H,16-20H2,1-5H3,(H,29,31)/t21-,22-,25+/m0/s1. The highest BCUT2D eigenvalue weighted by Gasteiger charge is 2.51. The van der Waals surface area contributed by atoms with Gasteiger partial charge in [0.15, 0.2) is 0 Å². The van der Waals surface area contributed by atoms with Gasteiger partial charge in [0, 0.05) is 12.6 Å². The van der Waals surface area contributed by atoms with Gasteiger partial charge in [-0.05, 0) is 73.7 Å². The lowest BCUT2D eigenvalue weighted by Crippen LogP contribution is -2.66. The van der Waals surface area contributed by atoms with Crippen molar-refractivity contribution in [1.82, 2.24) is 5.32 Å². The summed E-state index contributed by atoms with van der Waals surface area (Å²) in [6.45, 7) is 10.0.